The van der Waals surface area contributed by atoms with Crippen LogP contribution in [0, 0.1) is 50.7 Å². The van der Waals surface area contributed by atoms with Gasteiger partial charge in [0.2, 0.25) is 0 Å². The van der Waals surface area contributed by atoms with E-state index < -0.39 is 22.9 Å². The molecule has 10 heteroatoms. The van der Waals surface area contributed by atoms with Crippen LogP contribution < -0.4 is 10.6 Å². The fourth-order valence-electron chi connectivity index (χ4n) is 12.2. The number of carboxylic acids is 1. The fourth-order valence-corrected chi connectivity index (χ4v) is 12.2. The number of aliphatic carboxylic acids is 1. The maximum absolute atomic E-state index is 13.9. The third kappa shape index (κ3) is 5.49. The fraction of sp³-hybridized carbons (Fsp3) is 0.750. The number of fused-ring (bicyclic) bond motifs is 6. The first kappa shape index (κ1) is 36.5. The van der Waals surface area contributed by atoms with E-state index in [1.165, 1.54) is 17.5 Å². The van der Waals surface area contributed by atoms with Crippen molar-refractivity contribution in [3.63, 3.8) is 0 Å². The van der Waals surface area contributed by atoms with Crippen molar-refractivity contribution in [2.75, 3.05) is 5.32 Å². The molecule has 5 aliphatic carbocycles. The Morgan fingerprint density at radius 1 is 0.980 bits per heavy atom. The Morgan fingerprint density at radius 3 is 2.30 bits per heavy atom. The van der Waals surface area contributed by atoms with E-state index >= 15 is 0 Å². The molecule has 0 spiro atoms. The molecule has 0 bridgehead atoms. The third-order valence-corrected chi connectivity index (χ3v) is 14.9. The second-order valence-corrected chi connectivity index (χ2v) is 18.7. The molecule has 1 unspecified atom stereocenters. The first-order chi connectivity index (χ1) is 23.2. The number of Topliss-reactive ketones (excluding diaryl/α,β-unsaturated/α-hetero) is 1. The van der Waals surface area contributed by atoms with Crippen molar-refractivity contribution in [2.24, 2.45) is 50.7 Å². The highest BCUT2D eigenvalue weighted by Gasteiger charge is 2.69. The highest BCUT2D eigenvalue weighted by Crippen LogP contribution is 2.75. The van der Waals surface area contributed by atoms with Crippen LogP contribution in [-0.4, -0.2) is 50.5 Å². The van der Waals surface area contributed by atoms with Gasteiger partial charge in [-0.1, -0.05) is 54.0 Å². The Morgan fingerprint density at radius 2 is 1.66 bits per heavy atom. The molecule has 2 amide bonds. The standard InChI is InChI=1S/C40H58N4O6/c1-23(2)31-26(45)18-40(44-34(49)43-24-20-41-22-42-21-24)17-16-38(8)25(32(31)40)10-11-28-37(7)14-13-29(50-30(46)19-35(3,4)33(47)48)36(5,6)27(37)12-15-39(28,38)9/h20-23,27-29,31H,10-19H2,1-9H3,(H,47,48)(H2,43,44,49)/t27-,28+,29-,31?,37-,38+,39+,40+/m0/s1. The topological polar surface area (TPSA) is 148 Å². The highest BCUT2D eigenvalue weighted by molar-refractivity contribution is 5.95. The number of hydrogen-bond acceptors (Lipinski definition) is 7. The second-order valence-electron chi connectivity index (χ2n) is 18.7. The zero-order valence-corrected chi connectivity index (χ0v) is 31.6. The van der Waals surface area contributed by atoms with Gasteiger partial charge >= 0.3 is 18.0 Å². The summed E-state index contributed by atoms with van der Waals surface area (Å²) in [5, 5.41) is 15.8. The number of ether oxygens (including phenoxy) is 1. The maximum Gasteiger partial charge on any atom is 0.320 e. The smallest absolute Gasteiger partial charge is 0.320 e. The number of carboxylic acid groups (broad SMARTS) is 1. The molecule has 6 rings (SSSR count). The number of ketones is 1. The van der Waals surface area contributed by atoms with E-state index in [1.807, 2.05) is 0 Å². The summed E-state index contributed by atoms with van der Waals surface area (Å²) >= 11 is 0. The summed E-state index contributed by atoms with van der Waals surface area (Å²) in [5.74, 6) is -0.513. The van der Waals surface area contributed by atoms with Gasteiger partial charge in [0.05, 0.1) is 35.5 Å². The molecule has 5 aliphatic rings. The van der Waals surface area contributed by atoms with Crippen LogP contribution >= 0.6 is 0 Å². The average Bonchev–Trinajstić information content (AvgIpc) is 3.30. The minimum Gasteiger partial charge on any atom is -0.481 e. The van der Waals surface area contributed by atoms with E-state index in [1.54, 1.807) is 26.2 Å². The summed E-state index contributed by atoms with van der Waals surface area (Å²) in [6.07, 6.45) is 11.8. The van der Waals surface area contributed by atoms with Gasteiger partial charge in [-0.25, -0.2) is 14.8 Å². The van der Waals surface area contributed by atoms with E-state index in [0.29, 0.717) is 30.4 Å². The summed E-state index contributed by atoms with van der Waals surface area (Å²) in [6.45, 7) is 19.4. The van der Waals surface area contributed by atoms with E-state index in [9.17, 15) is 24.3 Å². The number of amides is 2. The number of rotatable bonds is 7. The largest absolute Gasteiger partial charge is 0.481 e. The number of anilines is 1. The van der Waals surface area contributed by atoms with E-state index in [2.05, 4.69) is 69.1 Å². The zero-order chi connectivity index (χ0) is 36.7. The highest BCUT2D eigenvalue weighted by atomic mass is 16.5. The number of nitrogens with one attached hydrogen (secondary N) is 2. The van der Waals surface area contributed by atoms with Gasteiger partial charge in [0, 0.05) is 17.8 Å². The van der Waals surface area contributed by atoms with Gasteiger partial charge in [-0.05, 0) is 105 Å². The van der Waals surface area contributed by atoms with Crippen LogP contribution in [0.4, 0.5) is 10.5 Å². The lowest BCUT2D eigenvalue weighted by Crippen LogP contribution is -2.65. The monoisotopic (exact) mass is 690 g/mol. The van der Waals surface area contributed by atoms with Gasteiger partial charge in [0.15, 0.2) is 0 Å². The molecule has 4 fully saturated rings. The lowest BCUT2D eigenvalue weighted by Gasteiger charge is -2.70. The Hall–Kier alpha value is -3.30. The molecule has 3 N–H and O–H groups in total. The minimum atomic E-state index is -1.17. The van der Waals surface area contributed by atoms with Crippen molar-refractivity contribution in [2.45, 2.75) is 138 Å². The number of allylic oxidation sites excluding steroid dienone is 1. The first-order valence-electron chi connectivity index (χ1n) is 18.8. The molecule has 10 nitrogen and oxygen atoms in total. The first-order valence-corrected chi connectivity index (χ1v) is 18.8. The molecule has 0 radical (unpaired) electrons. The van der Waals surface area contributed by atoms with Gasteiger partial charge in [-0.15, -0.1) is 0 Å². The van der Waals surface area contributed by atoms with Gasteiger partial charge in [0.25, 0.3) is 0 Å². The van der Waals surface area contributed by atoms with Crippen LogP contribution in [0.5, 0.6) is 0 Å². The van der Waals surface area contributed by atoms with Crippen LogP contribution in [0.1, 0.15) is 127 Å². The van der Waals surface area contributed by atoms with Crippen LogP contribution in [0.15, 0.2) is 29.9 Å². The van der Waals surface area contributed by atoms with Crippen molar-refractivity contribution in [3.8, 4) is 0 Å². The van der Waals surface area contributed by atoms with E-state index in [0.717, 1.165) is 44.9 Å². The zero-order valence-electron chi connectivity index (χ0n) is 31.6. The Bertz CT molecular complexity index is 1600. The van der Waals surface area contributed by atoms with E-state index in [-0.39, 0.29) is 57.8 Å². The summed E-state index contributed by atoms with van der Waals surface area (Å²) in [5.41, 5.74) is 0.854. The quantitative estimate of drug-likeness (QED) is 0.194. The molecule has 0 aromatic carbocycles. The minimum absolute atomic E-state index is 0.00704. The molecular weight excluding hydrogens is 632 g/mol. The predicted octanol–water partition coefficient (Wildman–Crippen LogP) is 7.74. The van der Waals surface area contributed by atoms with Gasteiger partial charge in [0.1, 0.15) is 18.2 Å². The summed E-state index contributed by atoms with van der Waals surface area (Å²) in [6, 6.07) is -0.335. The molecule has 4 saturated carbocycles. The number of aromatic nitrogens is 2. The summed E-state index contributed by atoms with van der Waals surface area (Å²) in [4.78, 5) is 60.2. The van der Waals surface area contributed by atoms with Crippen molar-refractivity contribution >= 4 is 29.4 Å². The van der Waals surface area contributed by atoms with Crippen molar-refractivity contribution < 1.29 is 29.0 Å². The molecular formula is C40H58N4O6. The number of carbonyl (C=O) groups is 4. The molecule has 274 valence electrons. The van der Waals surface area contributed by atoms with Crippen LogP contribution in [0.25, 0.3) is 0 Å². The molecule has 1 aromatic rings. The van der Waals surface area contributed by atoms with Crippen LogP contribution in [0.2, 0.25) is 0 Å². The van der Waals surface area contributed by atoms with Gasteiger partial charge in [-0.2, -0.15) is 0 Å². The normalized spacial score (nSPS) is 37.6. The van der Waals surface area contributed by atoms with Gasteiger partial charge in [-0.3, -0.25) is 14.4 Å². The average molecular weight is 691 g/mol. The number of nitrogens with zero attached hydrogens (tertiary/aromatic N) is 2. The molecule has 1 aromatic heterocycles. The lowest BCUT2D eigenvalue weighted by molar-refractivity contribution is -0.214. The molecule has 8 atom stereocenters. The lowest BCUT2D eigenvalue weighted by atomic mass is 9.34. The summed E-state index contributed by atoms with van der Waals surface area (Å²) < 4.78 is 6.14. The SMILES string of the molecule is CC(C)C1C(=O)C[C@]2(NC(=O)Nc3cncnc3)CC[C@]3(C)C(=C12)CC[C@@H]1[C@@]2(C)CC[C@H](OC(=O)CC(C)(C)C(=O)O)C(C)(C)[C@@H]2CC[C@]13C. The predicted molar refractivity (Wildman–Crippen MR) is 190 cm³/mol. The maximum atomic E-state index is 13.9. The van der Waals surface area contributed by atoms with Crippen molar-refractivity contribution in [1.82, 2.24) is 15.3 Å². The number of esters is 1. The molecule has 0 saturated heterocycles. The molecule has 1 heterocycles. The van der Waals surface area contributed by atoms with Gasteiger partial charge < -0.3 is 20.5 Å². The van der Waals surface area contributed by atoms with Crippen LogP contribution in [-0.2, 0) is 19.1 Å². The second kappa shape index (κ2) is 12.1. The molecule has 50 heavy (non-hydrogen) atoms. The number of carbonyl (C=O) groups excluding carboxylic acids is 3. The van der Waals surface area contributed by atoms with Crippen molar-refractivity contribution in [3.05, 3.63) is 29.9 Å². The Labute approximate surface area is 297 Å². The Kier molecular flexibility index (Phi) is 8.87. The van der Waals surface area contributed by atoms with Crippen LogP contribution in [0.3, 0.4) is 0 Å². The van der Waals surface area contributed by atoms with E-state index in [4.69, 9.17) is 4.74 Å². The number of urea groups is 1. The number of hydrogen-bond donors (Lipinski definition) is 3. The van der Waals surface area contributed by atoms with Crippen molar-refractivity contribution in [1.29, 1.82) is 0 Å². The Balaban J connectivity index is 1.31. The summed E-state index contributed by atoms with van der Waals surface area (Å²) in [7, 11) is 0. The third-order valence-electron chi connectivity index (χ3n) is 14.9. The molecule has 0 aliphatic heterocycles.